The van der Waals surface area contributed by atoms with E-state index in [-0.39, 0.29) is 18.0 Å². The molecule has 30 heavy (non-hydrogen) atoms. The first kappa shape index (κ1) is 19.8. The molecule has 2 aliphatic carbocycles. The van der Waals surface area contributed by atoms with Crippen LogP contribution in [0, 0.1) is 29.6 Å². The number of hydrogen-bond acceptors (Lipinski definition) is 3. The van der Waals surface area contributed by atoms with E-state index in [2.05, 4.69) is 36.2 Å². The number of cyclic esters (lactones) is 1. The van der Waals surface area contributed by atoms with Crippen LogP contribution in [0.15, 0.2) is 48.7 Å². The highest BCUT2D eigenvalue weighted by Gasteiger charge is 2.53. The van der Waals surface area contributed by atoms with E-state index in [1.165, 1.54) is 25.7 Å². The molecule has 6 atom stereocenters. The van der Waals surface area contributed by atoms with Crippen molar-refractivity contribution in [3.8, 4) is 11.1 Å². The van der Waals surface area contributed by atoms with Crippen molar-refractivity contribution in [1.82, 2.24) is 4.98 Å². The van der Waals surface area contributed by atoms with E-state index >= 15 is 0 Å². The monoisotopic (exact) mass is 421 g/mol. The lowest BCUT2D eigenvalue weighted by Gasteiger charge is -2.45. The molecule has 5 rings (SSSR count). The second-order valence-corrected chi connectivity index (χ2v) is 9.62. The molecular formula is C26H28ClNO2. The van der Waals surface area contributed by atoms with Gasteiger partial charge in [-0.15, -0.1) is 0 Å². The third-order valence-electron chi connectivity index (χ3n) is 7.51. The van der Waals surface area contributed by atoms with E-state index in [1.54, 1.807) is 0 Å². The second kappa shape index (κ2) is 8.19. The van der Waals surface area contributed by atoms with Crippen LogP contribution in [0.3, 0.4) is 0 Å². The van der Waals surface area contributed by atoms with Crippen molar-refractivity contribution in [2.45, 2.75) is 45.1 Å². The number of halogens is 1. The lowest BCUT2D eigenvalue weighted by atomic mass is 9.57. The number of hydrogen-bond donors (Lipinski definition) is 0. The van der Waals surface area contributed by atoms with Crippen molar-refractivity contribution >= 4 is 23.6 Å². The smallest absolute Gasteiger partial charge is 0.309 e. The summed E-state index contributed by atoms with van der Waals surface area (Å²) in [6.07, 6.45) is 12.6. The fourth-order valence-corrected chi connectivity index (χ4v) is 6.33. The Bertz CT molecular complexity index is 954. The van der Waals surface area contributed by atoms with Crippen molar-refractivity contribution in [3.05, 3.63) is 59.4 Å². The summed E-state index contributed by atoms with van der Waals surface area (Å²) >= 11 is 6.12. The summed E-state index contributed by atoms with van der Waals surface area (Å²) in [5, 5.41) is 0.729. The maximum absolute atomic E-state index is 12.4. The summed E-state index contributed by atoms with van der Waals surface area (Å²) in [5.74, 6) is 2.12. The second-order valence-electron chi connectivity index (χ2n) is 9.19. The molecular weight excluding hydrogens is 394 g/mol. The Balaban J connectivity index is 1.39. The van der Waals surface area contributed by atoms with E-state index in [9.17, 15) is 4.79 Å². The van der Waals surface area contributed by atoms with Crippen molar-refractivity contribution in [2.24, 2.45) is 29.6 Å². The zero-order valence-electron chi connectivity index (χ0n) is 17.3. The van der Waals surface area contributed by atoms with E-state index in [0.29, 0.717) is 23.7 Å². The molecule has 2 heterocycles. The fraction of sp³-hybridized carbons (Fsp3) is 0.462. The van der Waals surface area contributed by atoms with Gasteiger partial charge in [-0.2, -0.15) is 0 Å². The number of allylic oxidation sites excluding steroid dienone is 1. The molecule has 156 valence electrons. The number of benzene rings is 1. The summed E-state index contributed by atoms with van der Waals surface area (Å²) in [6, 6.07) is 12.0. The van der Waals surface area contributed by atoms with Gasteiger partial charge in [0.15, 0.2) is 0 Å². The maximum Gasteiger partial charge on any atom is 0.309 e. The lowest BCUT2D eigenvalue weighted by Crippen LogP contribution is -2.42. The fourth-order valence-electron chi connectivity index (χ4n) is 6.14. The van der Waals surface area contributed by atoms with Gasteiger partial charge in [-0.05, 0) is 67.4 Å². The van der Waals surface area contributed by atoms with E-state index in [1.807, 2.05) is 30.5 Å². The standard InChI is InChI=1S/C26H28ClNO2/c1-16-25-23(22-8-3-2-5-18(22)14-24(25)26(29)30-16)12-11-21-10-9-19(15-28-21)17-6-4-7-20(27)13-17/h4,6-7,9-13,15-16,18,22-25H,2-3,5,8,14H2,1H3/b12-11+/t16-,18+,22-,23+,24-,25+/m1/s1. The molecule has 0 radical (unpaired) electrons. The summed E-state index contributed by atoms with van der Waals surface area (Å²) in [4.78, 5) is 17.1. The Hall–Kier alpha value is -2.13. The van der Waals surface area contributed by atoms with Crippen molar-refractivity contribution in [1.29, 1.82) is 0 Å². The number of ether oxygens (including phenoxy) is 1. The van der Waals surface area contributed by atoms with Gasteiger partial charge >= 0.3 is 5.97 Å². The van der Waals surface area contributed by atoms with Crippen LogP contribution < -0.4 is 0 Å². The summed E-state index contributed by atoms with van der Waals surface area (Å²) < 4.78 is 5.67. The predicted molar refractivity (Wildman–Crippen MR) is 120 cm³/mol. The highest BCUT2D eigenvalue weighted by molar-refractivity contribution is 6.30. The molecule has 0 unspecified atom stereocenters. The highest BCUT2D eigenvalue weighted by Crippen LogP contribution is 2.53. The predicted octanol–water partition coefficient (Wildman–Crippen LogP) is 6.42. The molecule has 0 amide bonds. The summed E-state index contributed by atoms with van der Waals surface area (Å²) in [7, 11) is 0. The van der Waals surface area contributed by atoms with Gasteiger partial charge in [0, 0.05) is 22.7 Å². The van der Waals surface area contributed by atoms with E-state index in [4.69, 9.17) is 16.3 Å². The summed E-state index contributed by atoms with van der Waals surface area (Å²) in [5.41, 5.74) is 3.08. The molecule has 1 aromatic heterocycles. The number of carbonyl (C=O) groups is 1. The van der Waals surface area contributed by atoms with Crippen LogP contribution >= 0.6 is 11.6 Å². The Morgan fingerprint density at radius 2 is 2.00 bits per heavy atom. The minimum atomic E-state index is 0.0122. The molecule has 3 aliphatic rings. The minimum absolute atomic E-state index is 0.0122. The van der Waals surface area contributed by atoms with Crippen molar-refractivity contribution in [2.75, 3.05) is 0 Å². The number of nitrogens with zero attached hydrogens (tertiary/aromatic N) is 1. The third kappa shape index (κ3) is 3.69. The van der Waals surface area contributed by atoms with Gasteiger partial charge in [0.1, 0.15) is 6.10 Å². The number of esters is 1. The molecule has 3 fully saturated rings. The largest absolute Gasteiger partial charge is 0.462 e. The first-order valence-electron chi connectivity index (χ1n) is 11.2. The average molecular weight is 422 g/mol. The molecule has 1 saturated heterocycles. The lowest BCUT2D eigenvalue weighted by molar-refractivity contribution is -0.144. The molecule has 2 saturated carbocycles. The van der Waals surface area contributed by atoms with Crippen LogP contribution in [0.1, 0.15) is 44.7 Å². The number of pyridine rings is 1. The van der Waals surface area contributed by atoms with Crippen LogP contribution in [-0.4, -0.2) is 17.1 Å². The van der Waals surface area contributed by atoms with Gasteiger partial charge < -0.3 is 4.74 Å². The first-order chi connectivity index (χ1) is 14.6. The number of carbonyl (C=O) groups excluding carboxylic acids is 1. The molecule has 0 N–H and O–H groups in total. The van der Waals surface area contributed by atoms with Crippen LogP contribution in [0.2, 0.25) is 5.02 Å². The van der Waals surface area contributed by atoms with Crippen LogP contribution in [0.4, 0.5) is 0 Å². The summed E-state index contributed by atoms with van der Waals surface area (Å²) in [6.45, 7) is 2.07. The van der Waals surface area contributed by atoms with Gasteiger partial charge in [-0.3, -0.25) is 9.78 Å². The molecule has 0 spiro atoms. The number of aromatic nitrogens is 1. The van der Waals surface area contributed by atoms with Gasteiger partial charge in [-0.1, -0.05) is 55.1 Å². The average Bonchev–Trinajstić information content (AvgIpc) is 3.05. The van der Waals surface area contributed by atoms with Gasteiger partial charge in [-0.25, -0.2) is 0 Å². The Morgan fingerprint density at radius 3 is 2.80 bits per heavy atom. The van der Waals surface area contributed by atoms with Gasteiger partial charge in [0.2, 0.25) is 0 Å². The molecule has 0 bridgehead atoms. The molecule has 2 aromatic rings. The van der Waals surface area contributed by atoms with Crippen LogP contribution in [0.5, 0.6) is 0 Å². The first-order valence-corrected chi connectivity index (χ1v) is 11.6. The van der Waals surface area contributed by atoms with Crippen molar-refractivity contribution < 1.29 is 9.53 Å². The number of rotatable bonds is 3. The zero-order valence-corrected chi connectivity index (χ0v) is 18.1. The van der Waals surface area contributed by atoms with E-state index < -0.39 is 0 Å². The normalized spacial score (nSPS) is 33.2. The quantitative estimate of drug-likeness (QED) is 0.537. The zero-order chi connectivity index (χ0) is 20.7. The maximum atomic E-state index is 12.4. The van der Waals surface area contributed by atoms with E-state index in [0.717, 1.165) is 28.3 Å². The third-order valence-corrected chi connectivity index (χ3v) is 7.74. The SMILES string of the molecule is C[C@H]1OC(=O)[C@@H]2C[C@@H]3CCCC[C@H]3[C@H](/C=C/c3ccc(-c4cccc(Cl)c4)cn3)[C@H]12. The van der Waals surface area contributed by atoms with Crippen LogP contribution in [-0.2, 0) is 9.53 Å². The Morgan fingerprint density at radius 1 is 1.13 bits per heavy atom. The molecule has 3 nitrogen and oxygen atoms in total. The molecule has 4 heteroatoms. The minimum Gasteiger partial charge on any atom is -0.462 e. The van der Waals surface area contributed by atoms with Crippen LogP contribution in [0.25, 0.3) is 17.2 Å². The Kier molecular flexibility index (Phi) is 5.41. The Labute approximate surface area is 183 Å². The molecule has 1 aromatic carbocycles. The molecule has 1 aliphatic heterocycles. The van der Waals surface area contributed by atoms with Crippen molar-refractivity contribution in [3.63, 3.8) is 0 Å². The topological polar surface area (TPSA) is 39.2 Å². The van der Waals surface area contributed by atoms with Gasteiger partial charge in [0.25, 0.3) is 0 Å². The highest BCUT2D eigenvalue weighted by atomic mass is 35.5. The van der Waals surface area contributed by atoms with Gasteiger partial charge in [0.05, 0.1) is 11.6 Å². The number of fused-ring (bicyclic) bond motifs is 2.